The predicted octanol–water partition coefficient (Wildman–Crippen LogP) is 3.73. The Bertz CT molecular complexity index is 596. The van der Waals surface area contributed by atoms with Crippen LogP contribution < -0.4 is 10.2 Å². The second kappa shape index (κ2) is 6.58. The van der Waals surface area contributed by atoms with Crippen LogP contribution in [0.2, 0.25) is 0 Å². The summed E-state index contributed by atoms with van der Waals surface area (Å²) in [6.07, 6.45) is 4.48. The van der Waals surface area contributed by atoms with E-state index in [9.17, 15) is 0 Å². The molecule has 1 aromatic heterocycles. The number of halogens is 1. The Kier molecular flexibility index (Phi) is 4.56. The molecule has 1 N–H and O–H groups in total. The van der Waals surface area contributed by atoms with Gasteiger partial charge < -0.3 is 10.2 Å². The zero-order valence-corrected chi connectivity index (χ0v) is 13.8. The molecule has 21 heavy (non-hydrogen) atoms. The van der Waals surface area contributed by atoms with E-state index >= 15 is 0 Å². The summed E-state index contributed by atoms with van der Waals surface area (Å²) >= 11 is 3.58. The molecule has 2 aromatic rings. The highest BCUT2D eigenvalue weighted by molar-refractivity contribution is 9.10. The van der Waals surface area contributed by atoms with Crippen molar-refractivity contribution >= 4 is 21.6 Å². The fourth-order valence-electron chi connectivity index (χ4n) is 2.40. The van der Waals surface area contributed by atoms with Gasteiger partial charge in [-0.25, -0.2) is 0 Å². The fraction of sp³-hybridized carbons (Fsp3) is 0.353. The molecule has 1 aromatic carbocycles. The number of pyridine rings is 1. The minimum absolute atomic E-state index is 0.725. The molecule has 0 atom stereocenters. The molecule has 3 nitrogen and oxygen atoms in total. The van der Waals surface area contributed by atoms with Crippen LogP contribution in [0.5, 0.6) is 0 Å². The summed E-state index contributed by atoms with van der Waals surface area (Å²) in [5, 5.41) is 3.59. The topological polar surface area (TPSA) is 28.2 Å². The van der Waals surface area contributed by atoms with Gasteiger partial charge in [0.05, 0.1) is 12.2 Å². The average Bonchev–Trinajstić information content (AvgIpc) is 3.31. The first-order valence-corrected chi connectivity index (χ1v) is 8.14. The largest absolute Gasteiger partial charge is 0.368 e. The van der Waals surface area contributed by atoms with Gasteiger partial charge in [0, 0.05) is 36.0 Å². The summed E-state index contributed by atoms with van der Waals surface area (Å²) < 4.78 is 1.11. The molecule has 0 aliphatic heterocycles. The minimum Gasteiger partial charge on any atom is -0.368 e. The van der Waals surface area contributed by atoms with E-state index in [1.165, 1.54) is 24.1 Å². The van der Waals surface area contributed by atoms with Gasteiger partial charge in [-0.1, -0.05) is 28.1 Å². The third-order valence-electron chi connectivity index (χ3n) is 3.74. The van der Waals surface area contributed by atoms with Gasteiger partial charge in [0.25, 0.3) is 0 Å². The number of aromatic nitrogens is 1. The number of hydrogen-bond donors (Lipinski definition) is 1. The first-order valence-electron chi connectivity index (χ1n) is 7.35. The molecule has 0 unspecified atom stereocenters. The van der Waals surface area contributed by atoms with E-state index in [4.69, 9.17) is 0 Å². The van der Waals surface area contributed by atoms with Crippen LogP contribution in [0.3, 0.4) is 0 Å². The van der Waals surface area contributed by atoms with Gasteiger partial charge in [0.1, 0.15) is 0 Å². The first-order chi connectivity index (χ1) is 10.2. The standard InChI is InChI=1S/C17H20BrN3/c1-21(12-16-4-2-3-9-19-16)17-10-14(18)6-5-13(17)11-20-15-7-8-15/h2-6,9-10,15,20H,7-8,11-12H2,1H3. The van der Waals surface area contributed by atoms with Gasteiger partial charge in [-0.05, 0) is 42.7 Å². The maximum atomic E-state index is 4.41. The summed E-state index contributed by atoms with van der Waals surface area (Å²) in [5.74, 6) is 0. The molecule has 1 heterocycles. The lowest BCUT2D eigenvalue weighted by molar-refractivity contribution is 0.685. The van der Waals surface area contributed by atoms with E-state index in [-0.39, 0.29) is 0 Å². The van der Waals surface area contributed by atoms with Crippen LogP contribution in [0.1, 0.15) is 24.1 Å². The summed E-state index contributed by atoms with van der Waals surface area (Å²) in [6, 6.07) is 13.3. The zero-order chi connectivity index (χ0) is 14.7. The fourth-order valence-corrected chi connectivity index (χ4v) is 2.75. The predicted molar refractivity (Wildman–Crippen MR) is 90.3 cm³/mol. The quantitative estimate of drug-likeness (QED) is 0.864. The SMILES string of the molecule is CN(Cc1ccccn1)c1cc(Br)ccc1CNC1CC1. The molecule has 0 bridgehead atoms. The number of nitrogens with zero attached hydrogens (tertiary/aromatic N) is 2. The van der Waals surface area contributed by atoms with Crippen LogP contribution in [-0.2, 0) is 13.1 Å². The molecule has 0 radical (unpaired) electrons. The molecular weight excluding hydrogens is 326 g/mol. The third kappa shape index (κ3) is 4.05. The Morgan fingerprint density at radius 3 is 2.86 bits per heavy atom. The van der Waals surface area contributed by atoms with Crippen LogP contribution in [0.15, 0.2) is 47.1 Å². The van der Waals surface area contributed by atoms with Crippen molar-refractivity contribution in [1.29, 1.82) is 0 Å². The van der Waals surface area contributed by atoms with Crippen LogP contribution in [0, 0.1) is 0 Å². The lowest BCUT2D eigenvalue weighted by Crippen LogP contribution is -2.22. The summed E-state index contributed by atoms with van der Waals surface area (Å²) in [6.45, 7) is 1.74. The van der Waals surface area contributed by atoms with Gasteiger partial charge >= 0.3 is 0 Å². The van der Waals surface area contributed by atoms with Crippen LogP contribution in [0.4, 0.5) is 5.69 Å². The van der Waals surface area contributed by atoms with Gasteiger partial charge in [-0.15, -0.1) is 0 Å². The molecule has 0 saturated heterocycles. The monoisotopic (exact) mass is 345 g/mol. The minimum atomic E-state index is 0.725. The van der Waals surface area contributed by atoms with Crippen LogP contribution in [0.25, 0.3) is 0 Å². The highest BCUT2D eigenvalue weighted by Crippen LogP contribution is 2.27. The van der Waals surface area contributed by atoms with E-state index in [0.717, 1.165) is 29.3 Å². The Hall–Kier alpha value is -1.39. The van der Waals surface area contributed by atoms with Crippen molar-refractivity contribution in [3.63, 3.8) is 0 Å². The first kappa shape index (κ1) is 14.5. The molecule has 0 spiro atoms. The molecule has 4 heteroatoms. The number of anilines is 1. The lowest BCUT2D eigenvalue weighted by Gasteiger charge is -2.23. The normalized spacial score (nSPS) is 14.2. The summed E-state index contributed by atoms with van der Waals surface area (Å²) in [7, 11) is 2.12. The van der Waals surface area contributed by atoms with Crippen molar-refractivity contribution in [3.05, 3.63) is 58.3 Å². The maximum absolute atomic E-state index is 4.41. The number of benzene rings is 1. The number of rotatable bonds is 6. The Labute approximate surface area is 134 Å². The highest BCUT2D eigenvalue weighted by Gasteiger charge is 2.20. The van der Waals surface area contributed by atoms with E-state index in [1.807, 2.05) is 18.3 Å². The molecule has 1 aliphatic carbocycles. The molecule has 3 rings (SSSR count). The van der Waals surface area contributed by atoms with Crippen LogP contribution >= 0.6 is 15.9 Å². The zero-order valence-electron chi connectivity index (χ0n) is 12.2. The van der Waals surface area contributed by atoms with E-state index < -0.39 is 0 Å². The number of hydrogen-bond acceptors (Lipinski definition) is 3. The molecule has 1 fully saturated rings. The molecule has 1 aliphatic rings. The molecule has 1 saturated carbocycles. The van der Waals surface area contributed by atoms with E-state index in [1.54, 1.807) is 0 Å². The Morgan fingerprint density at radius 1 is 1.29 bits per heavy atom. The smallest absolute Gasteiger partial charge is 0.0598 e. The van der Waals surface area contributed by atoms with Crippen molar-refractivity contribution < 1.29 is 0 Å². The molecule has 0 amide bonds. The lowest BCUT2D eigenvalue weighted by atomic mass is 10.1. The second-order valence-electron chi connectivity index (χ2n) is 5.61. The van der Waals surface area contributed by atoms with Crippen LogP contribution in [-0.4, -0.2) is 18.1 Å². The summed E-state index contributed by atoms with van der Waals surface area (Å²) in [4.78, 5) is 6.67. The molecular formula is C17H20BrN3. The van der Waals surface area contributed by atoms with Crippen molar-refractivity contribution in [2.24, 2.45) is 0 Å². The van der Waals surface area contributed by atoms with Gasteiger partial charge in [-0.2, -0.15) is 0 Å². The van der Waals surface area contributed by atoms with E-state index in [2.05, 4.69) is 62.4 Å². The Balaban J connectivity index is 1.76. The maximum Gasteiger partial charge on any atom is 0.0598 e. The van der Waals surface area contributed by atoms with Crippen molar-refractivity contribution in [2.75, 3.05) is 11.9 Å². The van der Waals surface area contributed by atoms with Gasteiger partial charge in [-0.3, -0.25) is 4.98 Å². The molecule has 110 valence electrons. The second-order valence-corrected chi connectivity index (χ2v) is 6.52. The third-order valence-corrected chi connectivity index (χ3v) is 4.24. The highest BCUT2D eigenvalue weighted by atomic mass is 79.9. The van der Waals surface area contributed by atoms with Gasteiger partial charge in [0.15, 0.2) is 0 Å². The van der Waals surface area contributed by atoms with E-state index in [0.29, 0.717) is 0 Å². The van der Waals surface area contributed by atoms with Crippen molar-refractivity contribution in [1.82, 2.24) is 10.3 Å². The van der Waals surface area contributed by atoms with Gasteiger partial charge in [0.2, 0.25) is 0 Å². The summed E-state index contributed by atoms with van der Waals surface area (Å²) in [5.41, 5.74) is 3.67. The van der Waals surface area contributed by atoms with Crippen molar-refractivity contribution in [2.45, 2.75) is 32.0 Å². The Morgan fingerprint density at radius 2 is 2.14 bits per heavy atom. The average molecular weight is 346 g/mol. The number of nitrogens with one attached hydrogen (secondary N) is 1. The van der Waals surface area contributed by atoms with Crippen molar-refractivity contribution in [3.8, 4) is 0 Å².